The Kier molecular flexibility index (Phi) is 3.56. The molecule has 0 radical (unpaired) electrons. The Morgan fingerprint density at radius 1 is 1.42 bits per heavy atom. The number of anilines is 1. The van der Waals surface area contributed by atoms with Crippen LogP contribution < -0.4 is 11.1 Å². The summed E-state index contributed by atoms with van der Waals surface area (Å²) in [4.78, 5) is 25.3. The van der Waals surface area contributed by atoms with Gasteiger partial charge in [-0.05, 0) is 18.2 Å². The van der Waals surface area contributed by atoms with Crippen molar-refractivity contribution in [1.82, 2.24) is 4.98 Å². The maximum absolute atomic E-state index is 10.9. The highest BCUT2D eigenvalue weighted by Gasteiger charge is 2.14. The number of fused-ring (bicyclic) bond motifs is 1. The van der Waals surface area contributed by atoms with Crippen LogP contribution in [0.25, 0.3) is 10.9 Å². The van der Waals surface area contributed by atoms with Crippen LogP contribution in [0.2, 0.25) is 0 Å². The zero-order valence-electron chi connectivity index (χ0n) is 10.00. The van der Waals surface area contributed by atoms with Crippen molar-refractivity contribution in [3.8, 4) is 0 Å². The minimum atomic E-state index is -0.447. The lowest BCUT2D eigenvalue weighted by atomic mass is 10.1. The van der Waals surface area contributed by atoms with E-state index in [9.17, 15) is 14.9 Å². The number of aromatic nitrogens is 1. The van der Waals surface area contributed by atoms with Crippen molar-refractivity contribution in [1.29, 1.82) is 0 Å². The van der Waals surface area contributed by atoms with E-state index >= 15 is 0 Å². The Balaban J connectivity index is 2.38. The number of nitrogens with two attached hydrogens (primary N) is 1. The van der Waals surface area contributed by atoms with E-state index in [-0.39, 0.29) is 12.1 Å². The summed E-state index contributed by atoms with van der Waals surface area (Å²) in [5.74, 6) is -0.410. The molecule has 2 rings (SSSR count). The van der Waals surface area contributed by atoms with Crippen LogP contribution in [0.5, 0.6) is 0 Å². The summed E-state index contributed by atoms with van der Waals surface area (Å²) in [5.41, 5.74) is 6.19. The minimum absolute atomic E-state index is 0.00329. The molecule has 0 bridgehead atoms. The normalized spacial score (nSPS) is 10.3. The molecule has 1 aromatic carbocycles. The number of benzene rings is 1. The monoisotopic (exact) mass is 260 g/mol. The number of nitro benzene ring substituents is 1. The first-order chi connectivity index (χ1) is 9.09. The summed E-state index contributed by atoms with van der Waals surface area (Å²) in [6.45, 7) is 0.360. The zero-order chi connectivity index (χ0) is 13.8. The van der Waals surface area contributed by atoms with Crippen LogP contribution in [0, 0.1) is 10.1 Å². The Labute approximate surface area is 108 Å². The molecular weight excluding hydrogens is 248 g/mol. The lowest BCUT2D eigenvalue weighted by Gasteiger charge is -2.08. The van der Waals surface area contributed by atoms with Crippen molar-refractivity contribution >= 4 is 28.2 Å². The van der Waals surface area contributed by atoms with Gasteiger partial charge in [0.05, 0.1) is 16.0 Å². The van der Waals surface area contributed by atoms with Crippen molar-refractivity contribution in [2.24, 2.45) is 5.73 Å². The highest BCUT2D eigenvalue weighted by atomic mass is 16.6. The number of hydrogen-bond donors (Lipinski definition) is 2. The summed E-state index contributed by atoms with van der Waals surface area (Å²) in [7, 11) is 0. The molecule has 7 heteroatoms. The highest BCUT2D eigenvalue weighted by molar-refractivity contribution is 5.96. The quantitative estimate of drug-likeness (QED) is 0.624. The SMILES string of the molecule is NC(=O)CCNc1ccc([N+](=O)[O-])c2cccnc12. The Morgan fingerprint density at radius 2 is 2.21 bits per heavy atom. The van der Waals surface area contributed by atoms with E-state index in [0.29, 0.717) is 23.1 Å². The van der Waals surface area contributed by atoms with Gasteiger partial charge in [0.15, 0.2) is 0 Å². The lowest BCUT2D eigenvalue weighted by Crippen LogP contribution is -2.16. The van der Waals surface area contributed by atoms with E-state index < -0.39 is 10.8 Å². The average molecular weight is 260 g/mol. The first kappa shape index (κ1) is 12.7. The first-order valence-electron chi connectivity index (χ1n) is 5.64. The molecule has 0 saturated carbocycles. The third-order valence-electron chi connectivity index (χ3n) is 2.63. The highest BCUT2D eigenvalue weighted by Crippen LogP contribution is 2.29. The number of pyridine rings is 1. The van der Waals surface area contributed by atoms with Gasteiger partial charge in [-0.2, -0.15) is 0 Å². The summed E-state index contributed by atoms with van der Waals surface area (Å²) in [6, 6.07) is 6.27. The van der Waals surface area contributed by atoms with Crippen molar-refractivity contribution in [3.05, 3.63) is 40.6 Å². The minimum Gasteiger partial charge on any atom is -0.383 e. The van der Waals surface area contributed by atoms with E-state index in [1.54, 1.807) is 24.4 Å². The van der Waals surface area contributed by atoms with Gasteiger partial charge < -0.3 is 11.1 Å². The third-order valence-corrected chi connectivity index (χ3v) is 2.63. The second-order valence-electron chi connectivity index (χ2n) is 3.93. The van der Waals surface area contributed by atoms with Crippen molar-refractivity contribution < 1.29 is 9.72 Å². The molecule has 1 amide bonds. The molecule has 98 valence electrons. The molecule has 0 spiro atoms. The number of carbonyl (C=O) groups excluding carboxylic acids is 1. The molecule has 0 unspecified atom stereocenters. The standard InChI is InChI=1S/C12H12N4O3/c13-11(17)5-7-14-9-3-4-10(16(18)19)8-2-1-6-15-12(8)9/h1-4,6,14H,5,7H2,(H2,13,17). The number of carbonyl (C=O) groups is 1. The molecule has 19 heavy (non-hydrogen) atoms. The van der Waals surface area contributed by atoms with Gasteiger partial charge in [0, 0.05) is 25.2 Å². The van der Waals surface area contributed by atoms with Gasteiger partial charge >= 0.3 is 0 Å². The number of nitrogens with zero attached hydrogens (tertiary/aromatic N) is 2. The van der Waals surface area contributed by atoms with E-state index in [0.717, 1.165) is 0 Å². The van der Waals surface area contributed by atoms with Crippen LogP contribution in [0.3, 0.4) is 0 Å². The maximum atomic E-state index is 10.9. The van der Waals surface area contributed by atoms with Gasteiger partial charge in [0.1, 0.15) is 5.52 Å². The molecule has 3 N–H and O–H groups in total. The second kappa shape index (κ2) is 5.30. The number of non-ortho nitro benzene ring substituents is 1. The molecule has 0 atom stereocenters. The zero-order valence-corrected chi connectivity index (χ0v) is 10.00. The Morgan fingerprint density at radius 3 is 2.89 bits per heavy atom. The second-order valence-corrected chi connectivity index (χ2v) is 3.93. The summed E-state index contributed by atoms with van der Waals surface area (Å²) >= 11 is 0. The van der Waals surface area contributed by atoms with Crippen LogP contribution in [0.4, 0.5) is 11.4 Å². The van der Waals surface area contributed by atoms with Gasteiger partial charge in [0.25, 0.3) is 5.69 Å². The molecule has 0 aliphatic carbocycles. The Bertz CT molecular complexity index is 642. The average Bonchev–Trinajstić information content (AvgIpc) is 2.38. The van der Waals surface area contributed by atoms with Crippen LogP contribution in [0.15, 0.2) is 30.5 Å². The van der Waals surface area contributed by atoms with Crippen LogP contribution in [-0.2, 0) is 4.79 Å². The summed E-state index contributed by atoms with van der Waals surface area (Å²) < 4.78 is 0. The topological polar surface area (TPSA) is 111 Å². The van der Waals surface area contributed by atoms with Crippen molar-refractivity contribution in [2.45, 2.75) is 6.42 Å². The summed E-state index contributed by atoms with van der Waals surface area (Å²) in [6.07, 6.45) is 1.75. The number of amides is 1. The molecule has 0 aliphatic heterocycles. The lowest BCUT2D eigenvalue weighted by molar-refractivity contribution is -0.383. The van der Waals surface area contributed by atoms with Crippen LogP contribution in [0.1, 0.15) is 6.42 Å². The van der Waals surface area contributed by atoms with E-state index in [1.807, 2.05) is 0 Å². The number of rotatable bonds is 5. The van der Waals surface area contributed by atoms with Crippen LogP contribution in [-0.4, -0.2) is 22.4 Å². The van der Waals surface area contributed by atoms with E-state index in [2.05, 4.69) is 10.3 Å². The van der Waals surface area contributed by atoms with Gasteiger partial charge in [-0.1, -0.05) is 0 Å². The fraction of sp³-hybridized carbons (Fsp3) is 0.167. The number of primary amides is 1. The number of nitro groups is 1. The molecule has 7 nitrogen and oxygen atoms in total. The molecule has 0 aliphatic rings. The molecule has 0 saturated heterocycles. The molecule has 1 aromatic heterocycles. The Hall–Kier alpha value is -2.70. The maximum Gasteiger partial charge on any atom is 0.278 e. The predicted molar refractivity (Wildman–Crippen MR) is 70.7 cm³/mol. The first-order valence-corrected chi connectivity index (χ1v) is 5.64. The van der Waals surface area contributed by atoms with Gasteiger partial charge in [-0.15, -0.1) is 0 Å². The van der Waals surface area contributed by atoms with Gasteiger partial charge in [-0.25, -0.2) is 0 Å². The van der Waals surface area contributed by atoms with E-state index in [4.69, 9.17) is 5.73 Å². The predicted octanol–water partition coefficient (Wildman–Crippen LogP) is 1.43. The smallest absolute Gasteiger partial charge is 0.278 e. The van der Waals surface area contributed by atoms with Crippen molar-refractivity contribution in [2.75, 3.05) is 11.9 Å². The third kappa shape index (κ3) is 2.76. The number of nitrogens with one attached hydrogen (secondary N) is 1. The largest absolute Gasteiger partial charge is 0.383 e. The van der Waals surface area contributed by atoms with Crippen molar-refractivity contribution in [3.63, 3.8) is 0 Å². The molecular formula is C12H12N4O3. The van der Waals surface area contributed by atoms with Gasteiger partial charge in [0.2, 0.25) is 5.91 Å². The molecule has 0 fully saturated rings. The molecule has 2 aromatic rings. The van der Waals surface area contributed by atoms with E-state index in [1.165, 1.54) is 6.07 Å². The van der Waals surface area contributed by atoms with Gasteiger partial charge in [-0.3, -0.25) is 19.9 Å². The number of hydrogen-bond acceptors (Lipinski definition) is 5. The molecule has 1 heterocycles. The van der Waals surface area contributed by atoms with Crippen LogP contribution >= 0.6 is 0 Å². The fourth-order valence-electron chi connectivity index (χ4n) is 1.78. The summed E-state index contributed by atoms with van der Waals surface area (Å²) in [5, 5.41) is 14.4. The fourth-order valence-corrected chi connectivity index (χ4v) is 1.78.